The van der Waals surface area contributed by atoms with E-state index in [2.05, 4.69) is 71.5 Å². The van der Waals surface area contributed by atoms with Crippen molar-refractivity contribution in [2.75, 3.05) is 25.9 Å². The van der Waals surface area contributed by atoms with Crippen LogP contribution in [0.4, 0.5) is 0 Å². The Kier molecular flexibility index (Phi) is 5.42. The maximum absolute atomic E-state index is 4.95. The van der Waals surface area contributed by atoms with Crippen LogP contribution in [0.5, 0.6) is 0 Å². The Balaban J connectivity index is 1.59. The Morgan fingerprint density at radius 3 is 2.42 bits per heavy atom. The number of rotatable bonds is 5. The van der Waals surface area contributed by atoms with Gasteiger partial charge < -0.3 is 9.88 Å². The van der Waals surface area contributed by atoms with E-state index in [9.17, 15) is 0 Å². The molecule has 0 amide bonds. The number of likely N-dealkylation sites (tertiary alicyclic amines) is 1. The van der Waals surface area contributed by atoms with Crippen LogP contribution < -0.4 is 0 Å². The molecule has 2 heterocycles. The van der Waals surface area contributed by atoms with Gasteiger partial charge in [0.1, 0.15) is 0 Å². The van der Waals surface area contributed by atoms with Crippen LogP contribution in [0.1, 0.15) is 12.8 Å². The Morgan fingerprint density at radius 2 is 1.73 bits per heavy atom. The summed E-state index contributed by atoms with van der Waals surface area (Å²) in [5.41, 5.74) is 4.50. The van der Waals surface area contributed by atoms with Gasteiger partial charge in [0.05, 0.1) is 11.4 Å². The number of nitrogens with zero attached hydrogens (tertiary/aromatic N) is 2. The second kappa shape index (κ2) is 8.11. The first kappa shape index (κ1) is 17.4. The minimum absolute atomic E-state index is 0.754. The second-order valence-corrected chi connectivity index (χ2v) is 8.09. The van der Waals surface area contributed by atoms with Crippen molar-refractivity contribution in [3.63, 3.8) is 0 Å². The van der Waals surface area contributed by atoms with Gasteiger partial charge in [0.15, 0.2) is 5.16 Å². The third-order valence-electron chi connectivity index (χ3n) is 4.97. The molecule has 1 fully saturated rings. The molecule has 4 rings (SSSR count). The highest BCUT2D eigenvalue weighted by atomic mass is 32.2. The summed E-state index contributed by atoms with van der Waals surface area (Å²) in [6, 6.07) is 21.0. The third-order valence-corrected chi connectivity index (χ3v) is 6.07. The molecule has 0 saturated carbocycles. The largest absolute Gasteiger partial charge is 0.332 e. The summed E-state index contributed by atoms with van der Waals surface area (Å²) in [7, 11) is 2.23. The van der Waals surface area contributed by atoms with E-state index in [1.807, 2.05) is 17.8 Å². The normalized spacial score (nSPS) is 18.1. The van der Waals surface area contributed by atoms with Crippen LogP contribution in [0.2, 0.25) is 0 Å². The number of aromatic amines is 1. The molecule has 1 saturated heterocycles. The quantitative estimate of drug-likeness (QED) is 0.634. The summed E-state index contributed by atoms with van der Waals surface area (Å²) in [6.07, 6.45) is 2.64. The molecule has 134 valence electrons. The van der Waals surface area contributed by atoms with Crippen LogP contribution in [0.25, 0.3) is 22.5 Å². The van der Waals surface area contributed by atoms with E-state index in [1.54, 1.807) is 0 Å². The van der Waals surface area contributed by atoms with Gasteiger partial charge in [-0.25, -0.2) is 4.98 Å². The number of imidazole rings is 1. The van der Waals surface area contributed by atoms with E-state index in [-0.39, 0.29) is 0 Å². The summed E-state index contributed by atoms with van der Waals surface area (Å²) in [4.78, 5) is 11.0. The molecule has 4 heteroatoms. The van der Waals surface area contributed by atoms with Crippen molar-refractivity contribution in [2.45, 2.75) is 18.0 Å². The molecule has 3 aromatic rings. The first-order valence-electron chi connectivity index (χ1n) is 9.32. The van der Waals surface area contributed by atoms with E-state index in [1.165, 1.54) is 31.5 Å². The highest BCUT2D eigenvalue weighted by Gasteiger charge is 2.19. The first-order valence-corrected chi connectivity index (χ1v) is 10.3. The van der Waals surface area contributed by atoms with Crippen LogP contribution >= 0.6 is 11.8 Å². The number of piperidine rings is 1. The predicted molar refractivity (Wildman–Crippen MR) is 110 cm³/mol. The minimum Gasteiger partial charge on any atom is -0.332 e. The maximum atomic E-state index is 4.95. The number of benzene rings is 2. The molecule has 0 unspecified atom stereocenters. The van der Waals surface area contributed by atoms with Crippen molar-refractivity contribution in [1.82, 2.24) is 14.9 Å². The molecule has 0 bridgehead atoms. The summed E-state index contributed by atoms with van der Waals surface area (Å²) in [5, 5.41) is 1.02. The van der Waals surface area contributed by atoms with Crippen LogP contribution in [0, 0.1) is 5.92 Å². The smallest absolute Gasteiger partial charge is 0.166 e. The van der Waals surface area contributed by atoms with Crippen molar-refractivity contribution in [1.29, 1.82) is 0 Å². The van der Waals surface area contributed by atoms with Crippen LogP contribution in [0.15, 0.2) is 65.8 Å². The number of thioether (sulfide) groups is 1. The van der Waals surface area contributed by atoms with Gasteiger partial charge in [-0.2, -0.15) is 0 Å². The van der Waals surface area contributed by atoms with Crippen LogP contribution in [0.3, 0.4) is 0 Å². The lowest BCUT2D eigenvalue weighted by Gasteiger charge is -2.29. The number of hydrogen-bond donors (Lipinski definition) is 1. The highest BCUT2D eigenvalue weighted by molar-refractivity contribution is 7.99. The lowest BCUT2D eigenvalue weighted by atomic mass is 10.0. The molecule has 0 spiro atoms. The zero-order valence-electron chi connectivity index (χ0n) is 15.2. The number of hydrogen-bond acceptors (Lipinski definition) is 3. The zero-order valence-corrected chi connectivity index (χ0v) is 16.0. The monoisotopic (exact) mass is 363 g/mol. The molecule has 3 nitrogen and oxygen atoms in total. The molecular formula is C22H25N3S. The number of nitrogens with one attached hydrogen (secondary N) is 1. The summed E-state index contributed by atoms with van der Waals surface area (Å²) < 4.78 is 0. The molecule has 1 aliphatic rings. The highest BCUT2D eigenvalue weighted by Crippen LogP contribution is 2.33. The molecule has 1 atom stereocenters. The summed E-state index contributed by atoms with van der Waals surface area (Å²) >= 11 is 1.86. The van der Waals surface area contributed by atoms with Gasteiger partial charge in [-0.3, -0.25) is 0 Å². The second-order valence-electron chi connectivity index (χ2n) is 7.08. The lowest BCUT2D eigenvalue weighted by Crippen LogP contribution is -2.33. The van der Waals surface area contributed by atoms with Crippen molar-refractivity contribution >= 4 is 11.8 Å². The average molecular weight is 364 g/mol. The molecule has 0 aliphatic carbocycles. The predicted octanol–water partition coefficient (Wildman–Crippen LogP) is 5.18. The summed E-state index contributed by atoms with van der Waals surface area (Å²) in [5.74, 6) is 1.88. The van der Waals surface area contributed by atoms with Gasteiger partial charge in [-0.05, 0) is 32.4 Å². The lowest BCUT2D eigenvalue weighted by molar-refractivity contribution is 0.224. The molecule has 2 aromatic carbocycles. The number of H-pyrrole nitrogens is 1. The molecule has 26 heavy (non-hydrogen) atoms. The van der Waals surface area contributed by atoms with Crippen molar-refractivity contribution < 1.29 is 0 Å². The minimum atomic E-state index is 0.754. The van der Waals surface area contributed by atoms with E-state index in [4.69, 9.17) is 4.98 Å². The fourth-order valence-corrected chi connectivity index (χ4v) is 4.64. The Labute approximate surface area is 159 Å². The summed E-state index contributed by atoms with van der Waals surface area (Å²) in [6.45, 7) is 2.43. The Morgan fingerprint density at radius 1 is 1.04 bits per heavy atom. The fraction of sp³-hybridized carbons (Fsp3) is 0.318. The van der Waals surface area contributed by atoms with E-state index in [0.717, 1.165) is 33.8 Å². The maximum Gasteiger partial charge on any atom is 0.166 e. The van der Waals surface area contributed by atoms with Gasteiger partial charge in [-0.15, -0.1) is 0 Å². The van der Waals surface area contributed by atoms with Crippen LogP contribution in [-0.2, 0) is 0 Å². The zero-order chi connectivity index (χ0) is 17.8. The Bertz CT molecular complexity index is 772. The fourth-order valence-electron chi connectivity index (χ4n) is 3.64. The van der Waals surface area contributed by atoms with Crippen molar-refractivity contribution in [3.05, 3.63) is 60.7 Å². The SMILES string of the molecule is CN1CCC[C@H](CSc2nc(-c3ccccc3)c(-c3ccccc3)[nH]2)C1. The molecular weight excluding hydrogens is 338 g/mol. The molecule has 1 N–H and O–H groups in total. The van der Waals surface area contributed by atoms with Gasteiger partial charge in [-0.1, -0.05) is 72.4 Å². The van der Waals surface area contributed by atoms with Crippen molar-refractivity contribution in [3.8, 4) is 22.5 Å². The Hall–Kier alpha value is -2.04. The van der Waals surface area contributed by atoms with E-state index >= 15 is 0 Å². The standard InChI is InChI=1S/C22H25N3S/c1-25-14-8-9-17(15-25)16-26-22-23-20(18-10-4-2-5-11-18)21(24-22)19-12-6-3-7-13-19/h2-7,10-13,17H,8-9,14-16H2,1H3,(H,23,24)/t17-/m0/s1. The van der Waals surface area contributed by atoms with Crippen molar-refractivity contribution in [2.24, 2.45) is 5.92 Å². The van der Waals surface area contributed by atoms with Gasteiger partial charge in [0, 0.05) is 23.4 Å². The van der Waals surface area contributed by atoms with Crippen LogP contribution in [-0.4, -0.2) is 40.8 Å². The number of aromatic nitrogens is 2. The topological polar surface area (TPSA) is 31.9 Å². The molecule has 1 aromatic heterocycles. The molecule has 0 radical (unpaired) electrons. The van der Waals surface area contributed by atoms with Gasteiger partial charge in [0.25, 0.3) is 0 Å². The average Bonchev–Trinajstić information content (AvgIpc) is 3.12. The van der Waals surface area contributed by atoms with Gasteiger partial charge in [0.2, 0.25) is 0 Å². The first-order chi connectivity index (χ1) is 12.8. The van der Waals surface area contributed by atoms with E-state index in [0.29, 0.717) is 0 Å². The molecule has 1 aliphatic heterocycles. The van der Waals surface area contributed by atoms with Gasteiger partial charge >= 0.3 is 0 Å². The third kappa shape index (κ3) is 4.02. The van der Waals surface area contributed by atoms with E-state index < -0.39 is 0 Å².